The number of esters is 1. The molecule has 2 amide bonds. The highest BCUT2D eigenvalue weighted by molar-refractivity contribution is 5.96. The molecule has 0 spiro atoms. The number of hydrogen-bond donors (Lipinski definition) is 2. The van der Waals surface area contributed by atoms with Gasteiger partial charge >= 0.3 is 5.97 Å². The number of ether oxygens (including phenoxy) is 1. The average molecular weight is 290 g/mol. The van der Waals surface area contributed by atoms with Crippen LogP contribution in [0.5, 0.6) is 0 Å². The van der Waals surface area contributed by atoms with Crippen molar-refractivity contribution in [1.29, 1.82) is 0 Å². The Labute approximate surface area is 122 Å². The molecule has 1 aliphatic heterocycles. The van der Waals surface area contributed by atoms with E-state index in [4.69, 9.17) is 0 Å². The molecule has 1 fully saturated rings. The molecule has 6 nitrogen and oxygen atoms in total. The first-order valence-electron chi connectivity index (χ1n) is 6.78. The van der Waals surface area contributed by atoms with Crippen molar-refractivity contribution >= 4 is 17.8 Å². The van der Waals surface area contributed by atoms with Crippen LogP contribution in [0, 0.1) is 0 Å². The van der Waals surface area contributed by atoms with Crippen LogP contribution < -0.4 is 10.6 Å². The third-order valence-electron chi connectivity index (χ3n) is 3.38. The van der Waals surface area contributed by atoms with E-state index in [0.717, 1.165) is 0 Å². The van der Waals surface area contributed by atoms with E-state index >= 15 is 0 Å². The van der Waals surface area contributed by atoms with Crippen LogP contribution in [0.25, 0.3) is 0 Å². The van der Waals surface area contributed by atoms with E-state index in [0.29, 0.717) is 17.5 Å². The zero-order valence-electron chi connectivity index (χ0n) is 12.0. The standard InChI is InChI=1S/C15H18N2O4/c1-9-7-12(8-13(18)16-9)17-14(19)10-3-5-11(6-4-10)15(20)21-2/h3-6,9,12H,7-8H2,1-2H3,(H,16,18)(H,17,19). The summed E-state index contributed by atoms with van der Waals surface area (Å²) in [5, 5.41) is 5.65. The summed E-state index contributed by atoms with van der Waals surface area (Å²) in [4.78, 5) is 34.9. The van der Waals surface area contributed by atoms with E-state index in [1.165, 1.54) is 19.2 Å². The second-order valence-electron chi connectivity index (χ2n) is 5.15. The lowest BCUT2D eigenvalue weighted by molar-refractivity contribution is -0.123. The van der Waals surface area contributed by atoms with Gasteiger partial charge in [-0.3, -0.25) is 9.59 Å². The van der Waals surface area contributed by atoms with Gasteiger partial charge in [-0.2, -0.15) is 0 Å². The molecule has 1 aromatic rings. The van der Waals surface area contributed by atoms with Crippen molar-refractivity contribution in [3.05, 3.63) is 35.4 Å². The number of piperidine rings is 1. The lowest BCUT2D eigenvalue weighted by Gasteiger charge is -2.28. The summed E-state index contributed by atoms with van der Waals surface area (Å²) in [5.74, 6) is -0.752. The molecule has 112 valence electrons. The van der Waals surface area contributed by atoms with E-state index in [1.807, 2.05) is 6.92 Å². The minimum atomic E-state index is -0.445. The zero-order valence-corrected chi connectivity index (χ0v) is 12.0. The van der Waals surface area contributed by atoms with Crippen molar-refractivity contribution < 1.29 is 19.1 Å². The first kappa shape index (κ1) is 15.0. The third kappa shape index (κ3) is 3.81. The molecule has 1 aromatic carbocycles. The summed E-state index contributed by atoms with van der Waals surface area (Å²) < 4.78 is 4.60. The molecule has 0 radical (unpaired) electrons. The van der Waals surface area contributed by atoms with E-state index in [9.17, 15) is 14.4 Å². The number of carbonyl (C=O) groups excluding carboxylic acids is 3. The third-order valence-corrected chi connectivity index (χ3v) is 3.38. The van der Waals surface area contributed by atoms with Crippen LogP contribution in [0.2, 0.25) is 0 Å². The fourth-order valence-electron chi connectivity index (χ4n) is 2.38. The molecule has 2 unspecified atom stereocenters. The molecular formula is C15H18N2O4. The molecular weight excluding hydrogens is 272 g/mol. The minimum Gasteiger partial charge on any atom is -0.465 e. The summed E-state index contributed by atoms with van der Waals surface area (Å²) in [7, 11) is 1.30. The quantitative estimate of drug-likeness (QED) is 0.809. The second-order valence-corrected chi connectivity index (χ2v) is 5.15. The maximum Gasteiger partial charge on any atom is 0.337 e. The Bertz CT molecular complexity index is 553. The van der Waals surface area contributed by atoms with Crippen molar-refractivity contribution in [2.75, 3.05) is 7.11 Å². The maximum atomic E-state index is 12.1. The van der Waals surface area contributed by atoms with Crippen molar-refractivity contribution in [3.8, 4) is 0 Å². The van der Waals surface area contributed by atoms with Crippen molar-refractivity contribution in [1.82, 2.24) is 10.6 Å². The highest BCUT2D eigenvalue weighted by Crippen LogP contribution is 2.11. The van der Waals surface area contributed by atoms with Gasteiger partial charge in [0.15, 0.2) is 0 Å². The summed E-state index contributed by atoms with van der Waals surface area (Å²) in [6, 6.07) is 6.09. The van der Waals surface area contributed by atoms with Crippen LogP contribution in [0.4, 0.5) is 0 Å². The molecule has 1 heterocycles. The highest BCUT2D eigenvalue weighted by atomic mass is 16.5. The summed E-state index contributed by atoms with van der Waals surface area (Å²) in [5.41, 5.74) is 0.834. The average Bonchev–Trinajstić information content (AvgIpc) is 2.45. The Balaban J connectivity index is 2.00. The predicted octanol–water partition coefficient (Wildman–Crippen LogP) is 0.870. The number of carbonyl (C=O) groups is 3. The van der Waals surface area contributed by atoms with Crippen LogP contribution in [0.3, 0.4) is 0 Å². The lowest BCUT2D eigenvalue weighted by Crippen LogP contribution is -2.49. The van der Waals surface area contributed by atoms with E-state index in [1.54, 1.807) is 12.1 Å². The van der Waals surface area contributed by atoms with Crippen molar-refractivity contribution in [2.24, 2.45) is 0 Å². The monoisotopic (exact) mass is 290 g/mol. The molecule has 2 N–H and O–H groups in total. The van der Waals surface area contributed by atoms with Crippen LogP contribution in [-0.2, 0) is 9.53 Å². The SMILES string of the molecule is COC(=O)c1ccc(C(=O)NC2CC(=O)NC(C)C2)cc1. The van der Waals surface area contributed by atoms with Crippen molar-refractivity contribution in [3.63, 3.8) is 0 Å². The molecule has 1 aliphatic rings. The number of hydrogen-bond acceptors (Lipinski definition) is 4. The number of amides is 2. The normalized spacial score (nSPS) is 21.3. The van der Waals surface area contributed by atoms with Gasteiger partial charge in [0.1, 0.15) is 0 Å². The van der Waals surface area contributed by atoms with Crippen LogP contribution in [0.15, 0.2) is 24.3 Å². The molecule has 1 saturated heterocycles. The summed E-state index contributed by atoms with van der Waals surface area (Å²) in [6.07, 6.45) is 0.994. The molecule has 0 aliphatic carbocycles. The molecule has 0 aromatic heterocycles. The fraction of sp³-hybridized carbons (Fsp3) is 0.400. The Kier molecular flexibility index (Phi) is 4.57. The van der Waals surface area contributed by atoms with Gasteiger partial charge in [0, 0.05) is 24.1 Å². The van der Waals surface area contributed by atoms with Crippen LogP contribution in [0.1, 0.15) is 40.5 Å². The lowest BCUT2D eigenvalue weighted by atomic mass is 9.99. The van der Waals surface area contributed by atoms with E-state index < -0.39 is 5.97 Å². The Morgan fingerprint density at radius 1 is 1.24 bits per heavy atom. The Morgan fingerprint density at radius 2 is 1.86 bits per heavy atom. The molecule has 0 saturated carbocycles. The minimum absolute atomic E-state index is 0.0539. The first-order valence-corrected chi connectivity index (χ1v) is 6.78. The summed E-state index contributed by atoms with van der Waals surface area (Å²) >= 11 is 0. The van der Waals surface area contributed by atoms with E-state index in [2.05, 4.69) is 15.4 Å². The molecule has 21 heavy (non-hydrogen) atoms. The predicted molar refractivity (Wildman–Crippen MR) is 75.9 cm³/mol. The van der Waals surface area contributed by atoms with Gasteiger partial charge in [0.25, 0.3) is 5.91 Å². The largest absolute Gasteiger partial charge is 0.465 e. The number of nitrogens with one attached hydrogen (secondary N) is 2. The van der Waals surface area contributed by atoms with Gasteiger partial charge in [0.05, 0.1) is 12.7 Å². The van der Waals surface area contributed by atoms with Gasteiger partial charge in [-0.25, -0.2) is 4.79 Å². The van der Waals surface area contributed by atoms with Gasteiger partial charge in [-0.1, -0.05) is 0 Å². The smallest absolute Gasteiger partial charge is 0.337 e. The topological polar surface area (TPSA) is 84.5 Å². The van der Waals surface area contributed by atoms with Crippen LogP contribution in [-0.4, -0.2) is 37.0 Å². The Hall–Kier alpha value is -2.37. The Morgan fingerprint density at radius 3 is 2.43 bits per heavy atom. The van der Waals surface area contributed by atoms with Gasteiger partial charge in [-0.05, 0) is 37.6 Å². The van der Waals surface area contributed by atoms with Gasteiger partial charge in [0.2, 0.25) is 5.91 Å². The van der Waals surface area contributed by atoms with Gasteiger partial charge < -0.3 is 15.4 Å². The molecule has 0 bridgehead atoms. The molecule has 2 rings (SSSR count). The van der Waals surface area contributed by atoms with Crippen molar-refractivity contribution in [2.45, 2.75) is 31.8 Å². The second kappa shape index (κ2) is 6.39. The highest BCUT2D eigenvalue weighted by Gasteiger charge is 2.25. The van der Waals surface area contributed by atoms with Gasteiger partial charge in [-0.15, -0.1) is 0 Å². The number of methoxy groups -OCH3 is 1. The number of benzene rings is 1. The zero-order chi connectivity index (χ0) is 15.4. The number of rotatable bonds is 3. The fourth-order valence-corrected chi connectivity index (χ4v) is 2.38. The van der Waals surface area contributed by atoms with Crippen LogP contribution >= 0.6 is 0 Å². The van der Waals surface area contributed by atoms with E-state index in [-0.39, 0.29) is 30.3 Å². The molecule has 2 atom stereocenters. The maximum absolute atomic E-state index is 12.1. The molecule has 6 heteroatoms. The summed E-state index contributed by atoms with van der Waals surface area (Å²) in [6.45, 7) is 1.90. The first-order chi connectivity index (χ1) is 9.99.